The number of halogens is 1. The molecule has 4 amide bonds. The monoisotopic (exact) mass is 623 g/mol. The number of rotatable bonds is 7. The van der Waals surface area contributed by atoms with Crippen LogP contribution >= 0.6 is 0 Å². The van der Waals surface area contributed by atoms with Crippen LogP contribution in [-0.4, -0.2) is 111 Å². The maximum atomic E-state index is 13.5. The summed E-state index contributed by atoms with van der Waals surface area (Å²) in [6.07, 6.45) is 1.09. The molecule has 3 aliphatic heterocycles. The highest BCUT2D eigenvalue weighted by Crippen LogP contribution is 2.31. The third kappa shape index (κ3) is 8.79. The summed E-state index contributed by atoms with van der Waals surface area (Å²) < 4.78 is 24.4. The molecule has 45 heavy (non-hydrogen) atoms. The van der Waals surface area contributed by atoms with Crippen molar-refractivity contribution in [3.05, 3.63) is 65.5 Å². The van der Waals surface area contributed by atoms with E-state index in [0.717, 1.165) is 37.4 Å². The van der Waals surface area contributed by atoms with Gasteiger partial charge in [-0.25, -0.2) is 4.39 Å². The van der Waals surface area contributed by atoms with E-state index in [1.807, 2.05) is 18.2 Å². The van der Waals surface area contributed by atoms with Crippen LogP contribution < -0.4 is 15.4 Å². The number of carbonyl (C=O) groups is 4. The van der Waals surface area contributed by atoms with Crippen LogP contribution in [0.4, 0.5) is 4.39 Å². The molecule has 11 nitrogen and oxygen atoms in total. The minimum absolute atomic E-state index is 0.0200. The highest BCUT2D eigenvalue weighted by Gasteiger charge is 2.36. The number of piperidine rings is 1. The van der Waals surface area contributed by atoms with Gasteiger partial charge in [0.15, 0.2) is 6.10 Å². The lowest BCUT2D eigenvalue weighted by atomic mass is 9.80. The number of nitrogens with zero attached hydrogens (tertiary/aromatic N) is 3. The molecule has 2 aromatic rings. The molecule has 0 radical (unpaired) electrons. The molecule has 2 N–H and O–H groups in total. The average Bonchev–Trinajstić information content (AvgIpc) is 3.05. The molecule has 3 heterocycles. The quantitative estimate of drug-likeness (QED) is 0.482. The SMILES string of the molecule is COc1cccc(CN2CC[C@H]3CC(=O)N4CCO[C@@H](C4)C(=O)N(CCNC(=O)c4ccc(F)cc4)CC(=O)NCC[C@H]3C2)c1. The number of hydrogen-bond acceptors (Lipinski definition) is 7. The van der Waals surface area contributed by atoms with Gasteiger partial charge in [-0.15, -0.1) is 0 Å². The zero-order valence-corrected chi connectivity index (χ0v) is 25.7. The Hall–Kier alpha value is -4.03. The normalized spacial score (nSPS) is 23.5. The van der Waals surface area contributed by atoms with Crippen molar-refractivity contribution in [3.8, 4) is 5.75 Å². The van der Waals surface area contributed by atoms with Crippen molar-refractivity contribution in [3.63, 3.8) is 0 Å². The molecule has 3 saturated heterocycles. The maximum absolute atomic E-state index is 13.5. The van der Waals surface area contributed by atoms with Gasteiger partial charge >= 0.3 is 0 Å². The highest BCUT2D eigenvalue weighted by molar-refractivity contribution is 5.94. The number of nitrogens with one attached hydrogen (secondary N) is 2. The van der Waals surface area contributed by atoms with Crippen molar-refractivity contribution in [1.29, 1.82) is 0 Å². The molecule has 0 aliphatic carbocycles. The van der Waals surface area contributed by atoms with E-state index >= 15 is 0 Å². The van der Waals surface area contributed by atoms with Gasteiger partial charge < -0.3 is 29.9 Å². The zero-order chi connectivity index (χ0) is 31.8. The van der Waals surface area contributed by atoms with Crippen LogP contribution in [0, 0.1) is 17.7 Å². The molecule has 3 aliphatic rings. The van der Waals surface area contributed by atoms with Crippen LogP contribution in [0.1, 0.15) is 35.2 Å². The van der Waals surface area contributed by atoms with Gasteiger partial charge in [0.25, 0.3) is 11.8 Å². The summed E-state index contributed by atoms with van der Waals surface area (Å²) in [5, 5.41) is 5.69. The van der Waals surface area contributed by atoms with E-state index in [1.165, 1.54) is 29.2 Å². The largest absolute Gasteiger partial charge is 0.497 e. The van der Waals surface area contributed by atoms with Crippen molar-refractivity contribution >= 4 is 23.6 Å². The second-order valence-electron chi connectivity index (χ2n) is 12.0. The molecule has 2 aromatic carbocycles. The molecule has 0 aromatic heterocycles. The van der Waals surface area contributed by atoms with Crippen LogP contribution in [0.15, 0.2) is 48.5 Å². The van der Waals surface area contributed by atoms with Crippen LogP contribution in [0.2, 0.25) is 0 Å². The van der Waals surface area contributed by atoms with Gasteiger partial charge in [-0.05, 0) is 73.2 Å². The average molecular weight is 624 g/mol. The Labute approximate surface area is 263 Å². The number of benzene rings is 2. The van der Waals surface area contributed by atoms with E-state index in [2.05, 4.69) is 21.6 Å². The van der Waals surface area contributed by atoms with Crippen LogP contribution in [0.5, 0.6) is 5.75 Å². The van der Waals surface area contributed by atoms with E-state index < -0.39 is 23.7 Å². The first-order chi connectivity index (χ1) is 21.8. The van der Waals surface area contributed by atoms with Crippen LogP contribution in [-0.2, 0) is 25.7 Å². The Morgan fingerprint density at radius 2 is 1.89 bits per heavy atom. The predicted molar refractivity (Wildman–Crippen MR) is 164 cm³/mol. The summed E-state index contributed by atoms with van der Waals surface area (Å²) in [6, 6.07) is 13.2. The molecule has 12 heteroatoms. The Kier molecular flexibility index (Phi) is 11.0. The van der Waals surface area contributed by atoms with Gasteiger partial charge in [0.2, 0.25) is 11.8 Å². The summed E-state index contributed by atoms with van der Waals surface area (Å²) in [4.78, 5) is 58.1. The summed E-state index contributed by atoms with van der Waals surface area (Å²) >= 11 is 0. The summed E-state index contributed by atoms with van der Waals surface area (Å²) in [5.41, 5.74) is 1.45. The summed E-state index contributed by atoms with van der Waals surface area (Å²) in [7, 11) is 1.66. The molecule has 242 valence electrons. The third-order valence-electron chi connectivity index (χ3n) is 8.90. The molecule has 0 spiro atoms. The molecule has 5 rings (SSSR count). The highest BCUT2D eigenvalue weighted by atomic mass is 19.1. The standard InChI is InChI=1S/C33H42FN5O6/c1-44-28-4-2-3-23(17-28)19-37-13-10-25-18-31(41)38-15-16-45-29(21-38)33(43)39(22-30(40)35-11-9-26(25)20-37)14-12-36-32(42)24-5-7-27(34)8-6-24/h2-8,17,25-26,29H,9-16,18-22H2,1H3,(H,35,40)(H,36,42)/t25-,26-,29-/m0/s1. The first-order valence-corrected chi connectivity index (χ1v) is 15.6. The van der Waals surface area contributed by atoms with Gasteiger partial charge in [-0.2, -0.15) is 0 Å². The van der Waals surface area contributed by atoms with Gasteiger partial charge in [0.1, 0.15) is 11.6 Å². The Bertz CT molecular complexity index is 1360. The zero-order valence-electron chi connectivity index (χ0n) is 25.7. The lowest BCUT2D eigenvalue weighted by Crippen LogP contribution is -2.55. The number of morpholine rings is 1. The first kappa shape index (κ1) is 32.4. The minimum Gasteiger partial charge on any atom is -0.497 e. The summed E-state index contributed by atoms with van der Waals surface area (Å²) in [5.74, 6) is -0.327. The van der Waals surface area contributed by atoms with Gasteiger partial charge in [0, 0.05) is 51.3 Å². The number of hydrogen-bond donors (Lipinski definition) is 2. The predicted octanol–water partition coefficient (Wildman–Crippen LogP) is 1.67. The fourth-order valence-electron chi connectivity index (χ4n) is 6.41. The lowest BCUT2D eigenvalue weighted by molar-refractivity contribution is -0.156. The fourth-order valence-corrected chi connectivity index (χ4v) is 6.41. The van der Waals surface area contributed by atoms with Gasteiger partial charge in [0.05, 0.1) is 26.8 Å². The molecular weight excluding hydrogens is 581 g/mol. The second kappa shape index (κ2) is 15.3. The lowest BCUT2D eigenvalue weighted by Gasteiger charge is -2.40. The number of ether oxygens (including phenoxy) is 2. The van der Waals surface area contributed by atoms with Crippen molar-refractivity contribution in [2.24, 2.45) is 11.8 Å². The van der Waals surface area contributed by atoms with Crippen LogP contribution in [0.25, 0.3) is 0 Å². The molecular formula is C33H42FN5O6. The smallest absolute Gasteiger partial charge is 0.254 e. The van der Waals surface area contributed by atoms with Crippen molar-refractivity contribution in [1.82, 2.24) is 25.3 Å². The summed E-state index contributed by atoms with van der Waals surface area (Å²) in [6.45, 7) is 3.60. The van der Waals surface area contributed by atoms with Crippen LogP contribution in [0.3, 0.4) is 0 Å². The van der Waals surface area contributed by atoms with Crippen molar-refractivity contribution in [2.45, 2.75) is 31.9 Å². The number of likely N-dealkylation sites (tertiary alicyclic amines) is 1. The number of fused-ring (bicyclic) bond motifs is 3. The van der Waals surface area contributed by atoms with E-state index in [4.69, 9.17) is 9.47 Å². The van der Waals surface area contributed by atoms with Gasteiger partial charge in [-0.3, -0.25) is 24.1 Å². The van der Waals surface area contributed by atoms with E-state index in [1.54, 1.807) is 12.0 Å². The minimum atomic E-state index is -0.897. The van der Waals surface area contributed by atoms with E-state index in [9.17, 15) is 23.6 Å². The van der Waals surface area contributed by atoms with E-state index in [-0.39, 0.29) is 62.0 Å². The first-order valence-electron chi connectivity index (χ1n) is 15.6. The third-order valence-corrected chi connectivity index (χ3v) is 8.90. The Balaban J connectivity index is 1.24. The number of methoxy groups -OCH3 is 1. The molecule has 0 unspecified atom stereocenters. The maximum Gasteiger partial charge on any atom is 0.254 e. The van der Waals surface area contributed by atoms with Crippen molar-refractivity contribution < 1.29 is 33.0 Å². The number of carbonyl (C=O) groups excluding carboxylic acids is 4. The topological polar surface area (TPSA) is 121 Å². The number of amides is 4. The molecule has 3 atom stereocenters. The Morgan fingerprint density at radius 1 is 1.07 bits per heavy atom. The van der Waals surface area contributed by atoms with Gasteiger partial charge in [-0.1, -0.05) is 12.1 Å². The van der Waals surface area contributed by atoms with Crippen molar-refractivity contribution in [2.75, 3.05) is 66.1 Å². The molecule has 2 bridgehead atoms. The Morgan fingerprint density at radius 3 is 2.69 bits per heavy atom. The van der Waals surface area contributed by atoms with E-state index in [0.29, 0.717) is 25.9 Å². The molecule has 3 fully saturated rings. The molecule has 0 saturated carbocycles. The second-order valence-corrected chi connectivity index (χ2v) is 12.0. The fraction of sp³-hybridized carbons (Fsp3) is 0.515.